The zero-order valence-corrected chi connectivity index (χ0v) is 11.4. The maximum absolute atomic E-state index is 10.9. The van der Waals surface area contributed by atoms with E-state index in [0.717, 1.165) is 6.42 Å². The van der Waals surface area contributed by atoms with Crippen LogP contribution in [-0.4, -0.2) is 14.5 Å². The molecule has 0 bridgehead atoms. The topological polar surface area (TPSA) is 69.4 Å². The predicted octanol–water partition coefficient (Wildman–Crippen LogP) is 2.37. The Bertz CT molecular complexity index is 316. The van der Waals surface area contributed by atoms with Crippen molar-refractivity contribution < 1.29 is 12.6 Å². The van der Waals surface area contributed by atoms with Crippen LogP contribution in [-0.2, 0) is 14.5 Å². The van der Waals surface area contributed by atoms with Gasteiger partial charge in [0.25, 0.3) is 0 Å². The van der Waals surface area contributed by atoms with E-state index >= 15 is 0 Å². The van der Waals surface area contributed by atoms with Gasteiger partial charge in [-0.15, -0.1) is 0 Å². The maximum Gasteiger partial charge on any atom is 0.333 e. The molecule has 1 unspecified atom stereocenters. The summed E-state index contributed by atoms with van der Waals surface area (Å²) in [5.74, 6) is 0.387. The molecule has 2 N–H and O–H groups in total. The van der Waals surface area contributed by atoms with Crippen molar-refractivity contribution in [2.75, 3.05) is 0 Å². The summed E-state index contributed by atoms with van der Waals surface area (Å²) in [6.07, 6.45) is 3.95. The molecular formula is C11H23NO3S. The van der Waals surface area contributed by atoms with E-state index in [1.54, 1.807) is 0 Å². The van der Waals surface area contributed by atoms with E-state index < -0.39 is 10.3 Å². The Labute approximate surface area is 99.1 Å². The van der Waals surface area contributed by atoms with Crippen molar-refractivity contribution in [3.63, 3.8) is 0 Å². The molecule has 0 saturated heterocycles. The Hall–Kier alpha value is -0.390. The third-order valence-corrected chi connectivity index (χ3v) is 2.59. The summed E-state index contributed by atoms with van der Waals surface area (Å²) in [7, 11) is -3.84. The summed E-state index contributed by atoms with van der Waals surface area (Å²) >= 11 is 0. The molecule has 0 heterocycles. The van der Waals surface area contributed by atoms with E-state index in [0.29, 0.717) is 18.8 Å². The summed E-state index contributed by atoms with van der Waals surface area (Å²) in [4.78, 5) is 0. The highest BCUT2D eigenvalue weighted by atomic mass is 32.2. The maximum atomic E-state index is 10.9. The summed E-state index contributed by atoms with van der Waals surface area (Å²) in [5, 5.41) is 4.88. The number of rotatable bonds is 7. The van der Waals surface area contributed by atoms with Crippen LogP contribution in [0.2, 0.25) is 0 Å². The third kappa shape index (κ3) is 10.1. The highest BCUT2D eigenvalue weighted by Crippen LogP contribution is 2.15. The molecule has 0 aliphatic carbocycles. The van der Waals surface area contributed by atoms with Crippen LogP contribution in [0.1, 0.15) is 47.0 Å². The highest BCUT2D eigenvalue weighted by Gasteiger charge is 2.16. The van der Waals surface area contributed by atoms with Gasteiger partial charge in [0.05, 0.1) is 6.10 Å². The number of hydrogen-bond acceptors (Lipinski definition) is 3. The smallest absolute Gasteiger partial charge is 0.255 e. The summed E-state index contributed by atoms with van der Waals surface area (Å²) in [6, 6.07) is 0. The SMILES string of the molecule is CC(C)=CCCC(CC(C)C)OS(N)(=O)=O. The standard InChI is InChI=1S/C11H23NO3S/c1-9(2)6-5-7-11(8-10(3)4)15-16(12,13)14/h6,10-11H,5,7-8H2,1-4H3,(H2,12,13,14). The molecule has 0 aromatic carbocycles. The predicted molar refractivity (Wildman–Crippen MR) is 66.1 cm³/mol. The van der Waals surface area contributed by atoms with Gasteiger partial charge >= 0.3 is 10.3 Å². The second-order valence-electron chi connectivity index (χ2n) is 4.70. The van der Waals surface area contributed by atoms with Gasteiger partial charge in [-0.3, -0.25) is 4.18 Å². The molecular weight excluding hydrogens is 226 g/mol. The van der Waals surface area contributed by atoms with Crippen molar-refractivity contribution in [3.8, 4) is 0 Å². The van der Waals surface area contributed by atoms with Crippen LogP contribution >= 0.6 is 0 Å². The molecule has 0 aliphatic rings. The lowest BCUT2D eigenvalue weighted by atomic mass is 10.0. The molecule has 16 heavy (non-hydrogen) atoms. The minimum atomic E-state index is -3.84. The van der Waals surface area contributed by atoms with Crippen LogP contribution < -0.4 is 5.14 Å². The number of allylic oxidation sites excluding steroid dienone is 2. The number of hydrogen-bond donors (Lipinski definition) is 1. The monoisotopic (exact) mass is 249 g/mol. The molecule has 5 heteroatoms. The van der Waals surface area contributed by atoms with Crippen molar-refractivity contribution in [3.05, 3.63) is 11.6 Å². The first-order chi connectivity index (χ1) is 7.20. The Kier molecular flexibility index (Phi) is 6.87. The van der Waals surface area contributed by atoms with Gasteiger partial charge in [-0.1, -0.05) is 25.5 Å². The average Bonchev–Trinajstić information content (AvgIpc) is 1.98. The van der Waals surface area contributed by atoms with Crippen molar-refractivity contribution in [1.82, 2.24) is 0 Å². The molecule has 4 nitrogen and oxygen atoms in total. The van der Waals surface area contributed by atoms with Gasteiger partial charge in [0, 0.05) is 0 Å². The zero-order chi connectivity index (χ0) is 12.8. The van der Waals surface area contributed by atoms with Gasteiger partial charge in [-0.25, -0.2) is 5.14 Å². The van der Waals surface area contributed by atoms with E-state index in [4.69, 9.17) is 9.32 Å². The van der Waals surface area contributed by atoms with Crippen LogP contribution in [0.15, 0.2) is 11.6 Å². The zero-order valence-electron chi connectivity index (χ0n) is 10.6. The van der Waals surface area contributed by atoms with Gasteiger partial charge in [0.2, 0.25) is 0 Å². The van der Waals surface area contributed by atoms with Crippen molar-refractivity contribution >= 4 is 10.3 Å². The van der Waals surface area contributed by atoms with E-state index in [2.05, 4.69) is 6.08 Å². The average molecular weight is 249 g/mol. The normalized spacial score (nSPS) is 13.9. The molecule has 0 rings (SSSR count). The van der Waals surface area contributed by atoms with Crippen LogP contribution in [0, 0.1) is 5.92 Å². The first-order valence-corrected chi connectivity index (χ1v) is 7.02. The molecule has 1 atom stereocenters. The van der Waals surface area contributed by atoms with E-state index in [-0.39, 0.29) is 6.10 Å². The first kappa shape index (κ1) is 15.6. The molecule has 0 radical (unpaired) electrons. The Morgan fingerprint density at radius 3 is 2.31 bits per heavy atom. The number of nitrogens with two attached hydrogens (primary N) is 1. The lowest BCUT2D eigenvalue weighted by Crippen LogP contribution is -2.25. The quantitative estimate of drug-likeness (QED) is 0.704. The molecule has 0 aromatic heterocycles. The minimum absolute atomic E-state index is 0.314. The fraction of sp³-hybridized carbons (Fsp3) is 0.818. The van der Waals surface area contributed by atoms with Gasteiger partial charge < -0.3 is 0 Å². The van der Waals surface area contributed by atoms with E-state index in [1.165, 1.54) is 5.57 Å². The van der Waals surface area contributed by atoms with Gasteiger partial charge in [0.1, 0.15) is 0 Å². The molecule has 96 valence electrons. The molecule has 0 spiro atoms. The van der Waals surface area contributed by atoms with Crippen molar-refractivity contribution in [2.45, 2.75) is 53.1 Å². The van der Waals surface area contributed by atoms with Crippen LogP contribution in [0.25, 0.3) is 0 Å². The minimum Gasteiger partial charge on any atom is -0.255 e. The van der Waals surface area contributed by atoms with Crippen LogP contribution in [0.3, 0.4) is 0 Å². The summed E-state index contributed by atoms with van der Waals surface area (Å²) < 4.78 is 26.6. The summed E-state index contributed by atoms with van der Waals surface area (Å²) in [6.45, 7) is 8.08. The second kappa shape index (κ2) is 7.04. The van der Waals surface area contributed by atoms with Crippen LogP contribution in [0.4, 0.5) is 0 Å². The molecule has 0 aromatic rings. The third-order valence-electron chi connectivity index (χ3n) is 2.05. The molecule has 0 saturated carbocycles. The first-order valence-electron chi connectivity index (χ1n) is 5.55. The van der Waals surface area contributed by atoms with E-state index in [1.807, 2.05) is 27.7 Å². The second-order valence-corrected chi connectivity index (χ2v) is 5.88. The fourth-order valence-electron chi connectivity index (χ4n) is 1.48. The molecule has 0 aliphatic heterocycles. The highest BCUT2D eigenvalue weighted by molar-refractivity contribution is 7.84. The lowest BCUT2D eigenvalue weighted by Gasteiger charge is -2.17. The van der Waals surface area contributed by atoms with Crippen molar-refractivity contribution in [2.24, 2.45) is 11.1 Å². The Morgan fingerprint density at radius 2 is 1.94 bits per heavy atom. The molecule has 0 amide bonds. The molecule has 0 fully saturated rings. The largest absolute Gasteiger partial charge is 0.333 e. The van der Waals surface area contributed by atoms with Crippen molar-refractivity contribution in [1.29, 1.82) is 0 Å². The van der Waals surface area contributed by atoms with E-state index in [9.17, 15) is 8.42 Å². The summed E-state index contributed by atoms with van der Waals surface area (Å²) in [5.41, 5.74) is 1.22. The van der Waals surface area contributed by atoms with Gasteiger partial charge in [0.15, 0.2) is 0 Å². The Morgan fingerprint density at radius 1 is 1.38 bits per heavy atom. The van der Waals surface area contributed by atoms with Gasteiger partial charge in [-0.05, 0) is 39.0 Å². The lowest BCUT2D eigenvalue weighted by molar-refractivity contribution is 0.173. The van der Waals surface area contributed by atoms with Crippen LogP contribution in [0.5, 0.6) is 0 Å². The Balaban J connectivity index is 4.27. The van der Waals surface area contributed by atoms with Gasteiger partial charge in [-0.2, -0.15) is 8.42 Å². The fourth-order valence-corrected chi connectivity index (χ4v) is 2.03.